The Morgan fingerprint density at radius 1 is 1.42 bits per heavy atom. The highest BCUT2D eigenvalue weighted by Gasteiger charge is 2.11. The van der Waals surface area contributed by atoms with E-state index < -0.39 is 0 Å². The van der Waals surface area contributed by atoms with E-state index in [-0.39, 0.29) is 0 Å². The molecule has 0 amide bonds. The average Bonchev–Trinajstić information content (AvgIpc) is 2.40. The van der Waals surface area contributed by atoms with Gasteiger partial charge in [-0.05, 0) is 30.5 Å². The lowest BCUT2D eigenvalue weighted by Gasteiger charge is -2.17. The third kappa shape index (κ3) is 5.49. The predicted octanol–water partition coefficient (Wildman–Crippen LogP) is 4.68. The molecule has 0 bridgehead atoms. The van der Waals surface area contributed by atoms with Crippen molar-refractivity contribution in [2.75, 3.05) is 6.61 Å². The maximum Gasteiger partial charge on any atom is 0.129 e. The highest BCUT2D eigenvalue weighted by molar-refractivity contribution is 9.10. The van der Waals surface area contributed by atoms with E-state index in [0.29, 0.717) is 10.9 Å². The largest absolute Gasteiger partial charge is 0.493 e. The Bertz CT molecular complexity index is 423. The van der Waals surface area contributed by atoms with E-state index in [9.17, 15) is 0 Å². The molecule has 1 unspecified atom stereocenters. The van der Waals surface area contributed by atoms with Crippen LogP contribution < -0.4 is 10.5 Å². The topological polar surface area (TPSA) is 35.2 Å². The zero-order valence-corrected chi connectivity index (χ0v) is 14.0. The SMILES string of the molecule is CCCCC(CC)COc1ccc(Br)cc1C(N)=S. The van der Waals surface area contributed by atoms with Crippen molar-refractivity contribution in [3.63, 3.8) is 0 Å². The summed E-state index contributed by atoms with van der Waals surface area (Å²) in [6, 6.07) is 5.78. The normalized spacial score (nSPS) is 12.2. The van der Waals surface area contributed by atoms with E-state index in [4.69, 9.17) is 22.7 Å². The minimum atomic E-state index is 0.373. The van der Waals surface area contributed by atoms with E-state index >= 15 is 0 Å². The summed E-state index contributed by atoms with van der Waals surface area (Å²) in [6.45, 7) is 5.15. The van der Waals surface area contributed by atoms with E-state index in [1.807, 2.05) is 18.2 Å². The number of halogens is 1. The Labute approximate surface area is 129 Å². The van der Waals surface area contributed by atoms with Crippen molar-refractivity contribution < 1.29 is 4.74 Å². The molecule has 2 nitrogen and oxygen atoms in total. The number of hydrogen-bond acceptors (Lipinski definition) is 2. The minimum Gasteiger partial charge on any atom is -0.493 e. The van der Waals surface area contributed by atoms with Gasteiger partial charge in [0, 0.05) is 4.47 Å². The van der Waals surface area contributed by atoms with Gasteiger partial charge in [0.1, 0.15) is 10.7 Å². The van der Waals surface area contributed by atoms with E-state index in [1.54, 1.807) is 0 Å². The molecule has 106 valence electrons. The maximum absolute atomic E-state index is 5.92. The molecule has 0 saturated carbocycles. The first-order valence-electron chi connectivity index (χ1n) is 6.80. The summed E-state index contributed by atoms with van der Waals surface area (Å²) in [5.41, 5.74) is 6.53. The van der Waals surface area contributed by atoms with Gasteiger partial charge >= 0.3 is 0 Å². The summed E-state index contributed by atoms with van der Waals surface area (Å²) in [4.78, 5) is 0.373. The second-order valence-corrected chi connectivity index (χ2v) is 6.09. The molecule has 0 fully saturated rings. The van der Waals surface area contributed by atoms with Crippen LogP contribution in [-0.4, -0.2) is 11.6 Å². The van der Waals surface area contributed by atoms with Crippen LogP contribution in [0.1, 0.15) is 45.1 Å². The van der Waals surface area contributed by atoms with E-state index in [0.717, 1.165) is 28.8 Å². The van der Waals surface area contributed by atoms with Crippen LogP contribution in [-0.2, 0) is 0 Å². The van der Waals surface area contributed by atoms with Gasteiger partial charge in [-0.15, -0.1) is 0 Å². The molecule has 4 heteroatoms. The Hall–Kier alpha value is -0.610. The molecule has 0 aliphatic rings. The Kier molecular flexibility index (Phi) is 7.39. The number of nitrogens with two attached hydrogens (primary N) is 1. The van der Waals surface area contributed by atoms with Crippen molar-refractivity contribution >= 4 is 33.1 Å². The van der Waals surface area contributed by atoms with Gasteiger partial charge in [0.2, 0.25) is 0 Å². The smallest absolute Gasteiger partial charge is 0.129 e. The van der Waals surface area contributed by atoms with Gasteiger partial charge in [-0.25, -0.2) is 0 Å². The maximum atomic E-state index is 5.92. The fourth-order valence-electron chi connectivity index (χ4n) is 1.93. The van der Waals surface area contributed by atoms with Gasteiger partial charge in [0.15, 0.2) is 0 Å². The van der Waals surface area contributed by atoms with Gasteiger partial charge in [-0.2, -0.15) is 0 Å². The zero-order valence-electron chi connectivity index (χ0n) is 11.6. The van der Waals surface area contributed by atoms with Crippen molar-refractivity contribution in [1.29, 1.82) is 0 Å². The summed E-state index contributed by atoms with van der Waals surface area (Å²) in [5, 5.41) is 0. The molecule has 19 heavy (non-hydrogen) atoms. The van der Waals surface area contributed by atoms with Crippen LogP contribution in [0.2, 0.25) is 0 Å². The van der Waals surface area contributed by atoms with Crippen LogP contribution in [0.4, 0.5) is 0 Å². The standard InChI is InChI=1S/C15H22BrNOS/c1-3-5-6-11(4-2)10-18-14-8-7-12(16)9-13(14)15(17)19/h7-9,11H,3-6,10H2,1-2H3,(H2,17,19). The molecule has 1 rings (SSSR count). The summed E-state index contributed by atoms with van der Waals surface area (Å²) < 4.78 is 6.87. The molecule has 0 aliphatic carbocycles. The summed E-state index contributed by atoms with van der Waals surface area (Å²) in [5.74, 6) is 1.38. The third-order valence-corrected chi connectivity index (χ3v) is 3.94. The third-order valence-electron chi connectivity index (χ3n) is 3.22. The highest BCUT2D eigenvalue weighted by atomic mass is 79.9. The van der Waals surface area contributed by atoms with Crippen molar-refractivity contribution in [2.24, 2.45) is 11.7 Å². The number of benzene rings is 1. The van der Waals surface area contributed by atoms with Crippen molar-refractivity contribution in [2.45, 2.75) is 39.5 Å². The van der Waals surface area contributed by atoms with Gasteiger partial charge < -0.3 is 10.5 Å². The van der Waals surface area contributed by atoms with Crippen LogP contribution in [0.25, 0.3) is 0 Å². The van der Waals surface area contributed by atoms with Crippen LogP contribution >= 0.6 is 28.1 Å². The number of hydrogen-bond donors (Lipinski definition) is 1. The molecule has 2 N–H and O–H groups in total. The quantitative estimate of drug-likeness (QED) is 0.696. The van der Waals surface area contributed by atoms with Crippen LogP contribution in [0.3, 0.4) is 0 Å². The highest BCUT2D eigenvalue weighted by Crippen LogP contribution is 2.24. The van der Waals surface area contributed by atoms with Gasteiger partial charge in [-0.3, -0.25) is 0 Å². The number of ether oxygens (including phenoxy) is 1. The average molecular weight is 344 g/mol. The molecule has 0 heterocycles. The molecule has 1 aromatic rings. The van der Waals surface area contributed by atoms with Crippen LogP contribution in [0, 0.1) is 5.92 Å². The van der Waals surface area contributed by atoms with Gasteiger partial charge in [0.25, 0.3) is 0 Å². The fraction of sp³-hybridized carbons (Fsp3) is 0.533. The van der Waals surface area contributed by atoms with Crippen molar-refractivity contribution in [3.8, 4) is 5.75 Å². The monoisotopic (exact) mass is 343 g/mol. The molecule has 1 atom stereocenters. The summed E-state index contributed by atoms with van der Waals surface area (Å²) >= 11 is 8.49. The minimum absolute atomic E-state index is 0.373. The zero-order chi connectivity index (χ0) is 14.3. The van der Waals surface area contributed by atoms with E-state index in [2.05, 4.69) is 29.8 Å². The first-order chi connectivity index (χ1) is 9.08. The van der Waals surface area contributed by atoms with Crippen LogP contribution in [0.5, 0.6) is 5.75 Å². The second-order valence-electron chi connectivity index (χ2n) is 4.73. The Morgan fingerprint density at radius 3 is 2.74 bits per heavy atom. The lowest BCUT2D eigenvalue weighted by molar-refractivity contribution is 0.233. The van der Waals surface area contributed by atoms with Gasteiger partial charge in [0.05, 0.1) is 12.2 Å². The summed E-state index contributed by atoms with van der Waals surface area (Å²) in [6.07, 6.45) is 4.84. The fourth-order valence-corrected chi connectivity index (χ4v) is 2.45. The number of unbranched alkanes of at least 4 members (excludes halogenated alkanes) is 1. The molecule has 0 aliphatic heterocycles. The lowest BCUT2D eigenvalue weighted by atomic mass is 10.0. The molecule has 0 aromatic heterocycles. The first-order valence-corrected chi connectivity index (χ1v) is 8.00. The van der Waals surface area contributed by atoms with Gasteiger partial charge in [-0.1, -0.05) is 61.3 Å². The molecule has 1 aromatic carbocycles. The second kappa shape index (κ2) is 8.54. The predicted molar refractivity (Wildman–Crippen MR) is 88.8 cm³/mol. The number of thiocarbonyl (C=S) groups is 1. The molecule has 0 radical (unpaired) electrons. The molecular weight excluding hydrogens is 322 g/mol. The number of rotatable bonds is 8. The Morgan fingerprint density at radius 2 is 2.16 bits per heavy atom. The summed E-state index contributed by atoms with van der Waals surface area (Å²) in [7, 11) is 0. The molecular formula is C15H22BrNOS. The first kappa shape index (κ1) is 16.4. The molecule has 0 saturated heterocycles. The Balaban J connectivity index is 2.68. The van der Waals surface area contributed by atoms with E-state index in [1.165, 1.54) is 19.3 Å². The lowest BCUT2D eigenvalue weighted by Crippen LogP contribution is -2.15. The van der Waals surface area contributed by atoms with Crippen molar-refractivity contribution in [3.05, 3.63) is 28.2 Å². The van der Waals surface area contributed by atoms with Crippen molar-refractivity contribution in [1.82, 2.24) is 0 Å². The van der Waals surface area contributed by atoms with Crippen LogP contribution in [0.15, 0.2) is 22.7 Å². The molecule has 0 spiro atoms.